The van der Waals surface area contributed by atoms with Gasteiger partial charge >= 0.3 is 11.9 Å². The molecule has 2 unspecified atom stereocenters. The predicted molar refractivity (Wildman–Crippen MR) is 71.3 cm³/mol. The molecule has 1 aliphatic heterocycles. The third-order valence-electron chi connectivity index (χ3n) is 3.10. The number of hydrogen-bond donors (Lipinski definition) is 1. The van der Waals surface area contributed by atoms with E-state index in [4.69, 9.17) is 14.6 Å². The predicted octanol–water partition coefficient (Wildman–Crippen LogP) is 1.81. The van der Waals surface area contributed by atoms with Crippen LogP contribution in [0.5, 0.6) is 0 Å². The molecule has 0 amide bonds. The zero-order chi connectivity index (χ0) is 13.4. The molecular weight excluding hydrogens is 351 g/mol. The van der Waals surface area contributed by atoms with Crippen molar-refractivity contribution in [3.05, 3.63) is 21.8 Å². The summed E-state index contributed by atoms with van der Waals surface area (Å²) in [5, 5.41) is 8.98. The number of allylic oxidation sites excluding steroid dienone is 2. The second-order valence-corrected chi connectivity index (χ2v) is 5.41. The summed E-state index contributed by atoms with van der Waals surface area (Å²) in [5.74, 6) is -1.32. The van der Waals surface area contributed by atoms with E-state index in [1.54, 1.807) is 25.2 Å². The van der Waals surface area contributed by atoms with E-state index in [0.717, 1.165) is 3.58 Å². The minimum Gasteiger partial charge on any atom is -0.481 e. The van der Waals surface area contributed by atoms with Crippen molar-refractivity contribution in [3.63, 3.8) is 0 Å². The Morgan fingerprint density at radius 2 is 2.22 bits per heavy atom. The molecule has 0 bridgehead atoms. The van der Waals surface area contributed by atoms with E-state index in [1.807, 2.05) is 0 Å². The summed E-state index contributed by atoms with van der Waals surface area (Å²) >= 11 is 2.06. The molecule has 6 heteroatoms. The summed E-state index contributed by atoms with van der Waals surface area (Å²) in [6.45, 7) is 2.03. The van der Waals surface area contributed by atoms with E-state index < -0.39 is 17.2 Å². The van der Waals surface area contributed by atoms with Crippen molar-refractivity contribution < 1.29 is 24.2 Å². The van der Waals surface area contributed by atoms with Gasteiger partial charge in [0.25, 0.3) is 0 Å². The monoisotopic (exact) mass is 364 g/mol. The van der Waals surface area contributed by atoms with Crippen LogP contribution >= 0.6 is 22.6 Å². The number of rotatable bonds is 5. The standard InChI is InChI=1S/C12H13IO5/c1-2-17-10(16)7-11-5-3-4-8(13)12(11,18-11)6-9(14)15/h3-5H,2,6-7H2,1H3,(H,14,15). The van der Waals surface area contributed by atoms with Gasteiger partial charge in [0.2, 0.25) is 0 Å². The number of esters is 1. The van der Waals surface area contributed by atoms with Crippen molar-refractivity contribution in [2.24, 2.45) is 0 Å². The zero-order valence-electron chi connectivity index (χ0n) is 9.81. The van der Waals surface area contributed by atoms with Crippen LogP contribution in [0.15, 0.2) is 21.8 Å². The van der Waals surface area contributed by atoms with Crippen LogP contribution in [0.1, 0.15) is 19.8 Å². The van der Waals surface area contributed by atoms with Crippen LogP contribution in [0, 0.1) is 0 Å². The highest BCUT2D eigenvalue weighted by Gasteiger charge is 2.72. The molecule has 2 atom stereocenters. The zero-order valence-corrected chi connectivity index (χ0v) is 12.0. The van der Waals surface area contributed by atoms with Crippen LogP contribution in [0.3, 0.4) is 0 Å². The number of epoxide rings is 1. The molecule has 1 saturated heterocycles. The normalized spacial score (nSPS) is 32.4. The number of carboxylic acids is 1. The quantitative estimate of drug-likeness (QED) is 0.458. The van der Waals surface area contributed by atoms with Crippen molar-refractivity contribution in [1.82, 2.24) is 0 Å². The highest BCUT2D eigenvalue weighted by Crippen LogP contribution is 2.61. The second kappa shape index (κ2) is 4.65. The summed E-state index contributed by atoms with van der Waals surface area (Å²) in [6, 6.07) is 0. The average molecular weight is 364 g/mol. The summed E-state index contributed by atoms with van der Waals surface area (Å²) in [4.78, 5) is 22.5. The van der Waals surface area contributed by atoms with E-state index in [-0.39, 0.29) is 18.8 Å². The van der Waals surface area contributed by atoms with Crippen molar-refractivity contribution in [1.29, 1.82) is 0 Å². The van der Waals surface area contributed by atoms with Gasteiger partial charge in [-0.3, -0.25) is 9.59 Å². The van der Waals surface area contributed by atoms with E-state index in [0.29, 0.717) is 6.61 Å². The maximum atomic E-state index is 11.6. The smallest absolute Gasteiger partial charge is 0.309 e. The maximum Gasteiger partial charge on any atom is 0.309 e. The van der Waals surface area contributed by atoms with E-state index >= 15 is 0 Å². The lowest BCUT2D eigenvalue weighted by Crippen LogP contribution is -2.31. The summed E-state index contributed by atoms with van der Waals surface area (Å²) < 4.78 is 11.3. The average Bonchev–Trinajstić information content (AvgIpc) is 2.87. The summed E-state index contributed by atoms with van der Waals surface area (Å²) in [5.41, 5.74) is -1.73. The van der Waals surface area contributed by atoms with E-state index in [2.05, 4.69) is 22.6 Å². The lowest BCUT2D eigenvalue weighted by molar-refractivity contribution is -0.144. The first-order valence-electron chi connectivity index (χ1n) is 5.59. The van der Waals surface area contributed by atoms with Crippen LogP contribution in [-0.4, -0.2) is 34.9 Å². The third-order valence-corrected chi connectivity index (χ3v) is 4.34. The van der Waals surface area contributed by atoms with Gasteiger partial charge < -0.3 is 14.6 Å². The molecule has 0 aromatic rings. The fourth-order valence-corrected chi connectivity index (χ4v) is 3.24. The Kier molecular flexibility index (Phi) is 3.50. The molecule has 0 spiro atoms. The van der Waals surface area contributed by atoms with E-state index in [9.17, 15) is 9.59 Å². The molecule has 0 aromatic heterocycles. The topological polar surface area (TPSA) is 76.1 Å². The molecule has 1 fully saturated rings. The van der Waals surface area contributed by atoms with Gasteiger partial charge in [-0.15, -0.1) is 0 Å². The number of fused-ring (bicyclic) bond motifs is 1. The highest BCUT2D eigenvalue weighted by atomic mass is 127. The van der Waals surface area contributed by atoms with Crippen molar-refractivity contribution in [2.75, 3.05) is 6.61 Å². The van der Waals surface area contributed by atoms with Crippen molar-refractivity contribution in [3.8, 4) is 0 Å². The van der Waals surface area contributed by atoms with Crippen LogP contribution in [-0.2, 0) is 19.1 Å². The second-order valence-electron chi connectivity index (χ2n) is 4.24. The SMILES string of the molecule is CCOC(=O)CC12C=CC=C(I)C1(CC(=O)O)O2. The molecular formula is C12H13IO5. The number of carbonyl (C=O) groups is 2. The van der Waals surface area contributed by atoms with Crippen LogP contribution < -0.4 is 0 Å². The Labute approximate surface area is 118 Å². The maximum absolute atomic E-state index is 11.6. The van der Waals surface area contributed by atoms with Crippen LogP contribution in [0.25, 0.3) is 0 Å². The third kappa shape index (κ3) is 2.07. The number of ether oxygens (including phenoxy) is 2. The molecule has 1 aliphatic carbocycles. The molecule has 18 heavy (non-hydrogen) atoms. The number of hydrogen-bond acceptors (Lipinski definition) is 4. The summed E-state index contributed by atoms with van der Waals surface area (Å²) in [6.07, 6.45) is 5.24. The fraction of sp³-hybridized carbons (Fsp3) is 0.500. The molecule has 0 aromatic carbocycles. The number of carbonyl (C=O) groups excluding carboxylic acids is 1. The Balaban J connectivity index is 2.19. The molecule has 2 aliphatic rings. The largest absolute Gasteiger partial charge is 0.481 e. The molecule has 0 saturated carbocycles. The highest BCUT2D eigenvalue weighted by molar-refractivity contribution is 14.1. The first kappa shape index (κ1) is 13.5. The Morgan fingerprint density at radius 1 is 1.50 bits per heavy atom. The first-order valence-corrected chi connectivity index (χ1v) is 6.67. The minimum atomic E-state index is -0.946. The Morgan fingerprint density at radius 3 is 2.83 bits per heavy atom. The molecule has 1 N–H and O–H groups in total. The van der Waals surface area contributed by atoms with Crippen LogP contribution in [0.2, 0.25) is 0 Å². The van der Waals surface area contributed by atoms with Gasteiger partial charge in [-0.2, -0.15) is 0 Å². The fourth-order valence-electron chi connectivity index (χ4n) is 2.27. The van der Waals surface area contributed by atoms with Gasteiger partial charge in [0.1, 0.15) is 11.2 Å². The Hall–Kier alpha value is -0.890. The van der Waals surface area contributed by atoms with Gasteiger partial charge in [-0.25, -0.2) is 0 Å². The lowest BCUT2D eigenvalue weighted by atomic mass is 9.84. The van der Waals surface area contributed by atoms with Gasteiger partial charge in [0.15, 0.2) is 0 Å². The first-order chi connectivity index (χ1) is 8.46. The molecule has 2 rings (SSSR count). The molecule has 5 nitrogen and oxygen atoms in total. The number of halogens is 1. The van der Waals surface area contributed by atoms with Crippen molar-refractivity contribution >= 4 is 34.5 Å². The van der Waals surface area contributed by atoms with E-state index in [1.165, 1.54) is 0 Å². The molecule has 1 heterocycles. The number of carboxylic acid groups (broad SMARTS) is 1. The van der Waals surface area contributed by atoms with Gasteiger partial charge in [0, 0.05) is 3.58 Å². The minimum absolute atomic E-state index is 0.0466. The van der Waals surface area contributed by atoms with Gasteiger partial charge in [-0.1, -0.05) is 12.2 Å². The lowest BCUT2D eigenvalue weighted by Gasteiger charge is -2.18. The van der Waals surface area contributed by atoms with Gasteiger partial charge in [-0.05, 0) is 35.6 Å². The Bertz CT molecular complexity index is 455. The van der Waals surface area contributed by atoms with Crippen molar-refractivity contribution in [2.45, 2.75) is 31.0 Å². The molecule has 98 valence electrons. The summed E-state index contributed by atoms with van der Waals surface area (Å²) in [7, 11) is 0. The molecule has 0 radical (unpaired) electrons. The van der Waals surface area contributed by atoms with Crippen LogP contribution in [0.4, 0.5) is 0 Å². The number of aliphatic carboxylic acids is 1. The van der Waals surface area contributed by atoms with Gasteiger partial charge in [0.05, 0.1) is 19.4 Å².